The van der Waals surface area contributed by atoms with Crippen LogP contribution in [0.2, 0.25) is 0 Å². The van der Waals surface area contributed by atoms with E-state index in [0.29, 0.717) is 12.1 Å². The van der Waals surface area contributed by atoms with E-state index in [4.69, 9.17) is 16.6 Å². The van der Waals surface area contributed by atoms with Crippen molar-refractivity contribution >= 4 is 28.6 Å². The third-order valence-corrected chi connectivity index (χ3v) is 5.23. The zero-order chi connectivity index (χ0) is 23.4. The Morgan fingerprint density at radius 2 is 1.82 bits per heavy atom. The predicted molar refractivity (Wildman–Crippen MR) is 125 cm³/mol. The van der Waals surface area contributed by atoms with Gasteiger partial charge in [0.05, 0.1) is 0 Å². The number of aliphatic carboxylic acids is 1. The first-order valence-electron chi connectivity index (χ1n) is 10.4. The zero-order valence-electron chi connectivity index (χ0n) is 17.7. The number of carboxylic acid groups (broad SMARTS) is 1. The number of nitrogens with one attached hydrogen (secondary N) is 1. The molecule has 6 N–H and O–H groups in total. The van der Waals surface area contributed by atoms with Crippen LogP contribution >= 0.6 is 0 Å². The topological polar surface area (TPSA) is 140 Å². The van der Waals surface area contributed by atoms with Crippen LogP contribution in [-0.4, -0.2) is 38.6 Å². The summed E-state index contributed by atoms with van der Waals surface area (Å²) in [5.74, 6) is -1.28. The molecule has 0 bridgehead atoms. The number of hydrogen-bond donors (Lipinski definition) is 4. The van der Waals surface area contributed by atoms with Gasteiger partial charge in [0.25, 0.3) is 0 Å². The lowest BCUT2D eigenvalue weighted by Crippen LogP contribution is -2.32. The number of aromatic nitrogens is 3. The highest BCUT2D eigenvalue weighted by Gasteiger charge is 2.16. The van der Waals surface area contributed by atoms with Crippen LogP contribution < -0.4 is 16.8 Å². The summed E-state index contributed by atoms with van der Waals surface area (Å²) in [5.41, 5.74) is 13.1. The largest absolute Gasteiger partial charge is 0.480 e. The van der Waals surface area contributed by atoms with Crippen molar-refractivity contribution in [1.29, 1.82) is 0 Å². The molecule has 0 saturated heterocycles. The van der Waals surface area contributed by atoms with E-state index >= 15 is 0 Å². The third-order valence-electron chi connectivity index (χ3n) is 5.23. The zero-order valence-corrected chi connectivity index (χ0v) is 17.7. The number of halogens is 1. The SMILES string of the molecule is Nc1nc(NCCc2ccc3ccccc3c2)nc(-c2ccc(CC(N)C(=O)O)c(F)c2)n1. The Morgan fingerprint density at radius 1 is 1.03 bits per heavy atom. The Balaban J connectivity index is 1.46. The molecule has 33 heavy (non-hydrogen) atoms. The molecule has 0 fully saturated rings. The summed E-state index contributed by atoms with van der Waals surface area (Å²) in [6.07, 6.45) is 0.626. The molecule has 4 rings (SSSR count). The highest BCUT2D eigenvalue weighted by Crippen LogP contribution is 2.21. The van der Waals surface area contributed by atoms with E-state index in [1.54, 1.807) is 6.07 Å². The molecule has 168 valence electrons. The van der Waals surface area contributed by atoms with Gasteiger partial charge in [0.15, 0.2) is 5.82 Å². The summed E-state index contributed by atoms with van der Waals surface area (Å²) < 4.78 is 14.5. The molecule has 9 heteroatoms. The van der Waals surface area contributed by atoms with Crippen LogP contribution in [-0.2, 0) is 17.6 Å². The molecule has 8 nitrogen and oxygen atoms in total. The van der Waals surface area contributed by atoms with Crippen molar-refractivity contribution < 1.29 is 14.3 Å². The molecule has 1 atom stereocenters. The Labute approximate surface area is 189 Å². The smallest absolute Gasteiger partial charge is 0.320 e. The minimum Gasteiger partial charge on any atom is -0.480 e. The molecule has 3 aromatic carbocycles. The summed E-state index contributed by atoms with van der Waals surface area (Å²) >= 11 is 0. The number of carbonyl (C=O) groups is 1. The average Bonchev–Trinajstić information content (AvgIpc) is 2.80. The van der Waals surface area contributed by atoms with Gasteiger partial charge >= 0.3 is 5.97 Å². The lowest BCUT2D eigenvalue weighted by atomic mass is 10.0. The third kappa shape index (κ3) is 5.39. The number of rotatable bonds is 8. The van der Waals surface area contributed by atoms with Crippen LogP contribution in [0.5, 0.6) is 0 Å². The van der Waals surface area contributed by atoms with Gasteiger partial charge in [-0.05, 0) is 34.4 Å². The molecular weight excluding hydrogens is 423 g/mol. The molecule has 0 aliphatic heterocycles. The first kappa shape index (κ1) is 22.1. The number of nitrogens with zero attached hydrogens (tertiary/aromatic N) is 3. The minimum absolute atomic E-state index is 0.00518. The van der Waals surface area contributed by atoms with Gasteiger partial charge in [0, 0.05) is 18.5 Å². The number of carboxylic acids is 1. The summed E-state index contributed by atoms with van der Waals surface area (Å²) in [4.78, 5) is 23.5. The van der Waals surface area contributed by atoms with Gasteiger partial charge in [-0.15, -0.1) is 0 Å². The van der Waals surface area contributed by atoms with Crippen molar-refractivity contribution in [1.82, 2.24) is 15.0 Å². The second-order valence-corrected chi connectivity index (χ2v) is 7.65. The van der Waals surface area contributed by atoms with E-state index in [9.17, 15) is 9.18 Å². The molecule has 1 unspecified atom stereocenters. The normalized spacial score (nSPS) is 11.9. The van der Waals surface area contributed by atoms with E-state index in [1.807, 2.05) is 12.1 Å². The first-order valence-corrected chi connectivity index (χ1v) is 10.4. The van der Waals surface area contributed by atoms with Crippen molar-refractivity contribution in [3.05, 3.63) is 77.6 Å². The van der Waals surface area contributed by atoms with E-state index in [0.717, 1.165) is 6.42 Å². The van der Waals surface area contributed by atoms with Crippen molar-refractivity contribution in [2.24, 2.45) is 5.73 Å². The minimum atomic E-state index is -1.19. The molecule has 0 aliphatic carbocycles. The van der Waals surface area contributed by atoms with Gasteiger partial charge in [-0.1, -0.05) is 54.6 Å². The molecule has 4 aromatic rings. The Kier molecular flexibility index (Phi) is 6.41. The Morgan fingerprint density at radius 3 is 2.58 bits per heavy atom. The van der Waals surface area contributed by atoms with Crippen LogP contribution in [0.4, 0.5) is 16.3 Å². The maximum absolute atomic E-state index is 14.5. The highest BCUT2D eigenvalue weighted by atomic mass is 19.1. The molecule has 1 aromatic heterocycles. The molecule has 0 amide bonds. The van der Waals surface area contributed by atoms with Crippen LogP contribution in [0.3, 0.4) is 0 Å². The van der Waals surface area contributed by atoms with Crippen molar-refractivity contribution in [3.8, 4) is 11.4 Å². The number of anilines is 2. The monoisotopic (exact) mass is 446 g/mol. The molecular formula is C24H23FN6O2. The summed E-state index contributed by atoms with van der Waals surface area (Å²) in [6.45, 7) is 0.571. The van der Waals surface area contributed by atoms with E-state index in [-0.39, 0.29) is 29.7 Å². The van der Waals surface area contributed by atoms with Crippen LogP contribution in [0.25, 0.3) is 22.2 Å². The summed E-state index contributed by atoms with van der Waals surface area (Å²) in [7, 11) is 0. The molecule has 0 aliphatic rings. The number of fused-ring (bicyclic) bond motifs is 1. The van der Waals surface area contributed by atoms with Gasteiger partial charge < -0.3 is 21.9 Å². The van der Waals surface area contributed by atoms with E-state index in [1.165, 1.54) is 28.5 Å². The lowest BCUT2D eigenvalue weighted by Gasteiger charge is -2.10. The maximum atomic E-state index is 14.5. The fraction of sp³-hybridized carbons (Fsp3) is 0.167. The fourth-order valence-corrected chi connectivity index (χ4v) is 3.49. The van der Waals surface area contributed by atoms with Crippen LogP contribution in [0.1, 0.15) is 11.1 Å². The van der Waals surface area contributed by atoms with Gasteiger partial charge in [-0.3, -0.25) is 4.79 Å². The van der Waals surface area contributed by atoms with Gasteiger partial charge in [0.1, 0.15) is 11.9 Å². The first-order chi connectivity index (χ1) is 15.9. The van der Waals surface area contributed by atoms with Gasteiger partial charge in [-0.25, -0.2) is 4.39 Å². The van der Waals surface area contributed by atoms with Gasteiger partial charge in [0.2, 0.25) is 11.9 Å². The number of benzene rings is 3. The second-order valence-electron chi connectivity index (χ2n) is 7.65. The standard InChI is InChI=1S/C24H23FN6O2/c25-19-12-18(8-7-17(19)13-20(26)22(32)33)21-29-23(27)31-24(30-21)28-10-9-14-5-6-15-3-1-2-4-16(15)11-14/h1-8,11-12,20H,9-10,13,26H2,(H,32,33)(H3,27,28,29,30,31). The number of nitrogens with two attached hydrogens (primary N) is 2. The summed E-state index contributed by atoms with van der Waals surface area (Å²) in [5, 5.41) is 14.4. The summed E-state index contributed by atoms with van der Waals surface area (Å²) in [6, 6.07) is 17.6. The lowest BCUT2D eigenvalue weighted by molar-refractivity contribution is -0.138. The van der Waals surface area contributed by atoms with Gasteiger partial charge in [-0.2, -0.15) is 15.0 Å². The van der Waals surface area contributed by atoms with E-state index in [2.05, 4.69) is 50.6 Å². The predicted octanol–water partition coefficient (Wildman–Crippen LogP) is 3.02. The quantitative estimate of drug-likeness (QED) is 0.324. The van der Waals surface area contributed by atoms with Crippen molar-refractivity contribution in [2.75, 3.05) is 17.6 Å². The average molecular weight is 446 g/mol. The van der Waals surface area contributed by atoms with Crippen LogP contribution in [0.15, 0.2) is 60.7 Å². The number of nitrogen functional groups attached to an aromatic ring is 1. The Bertz CT molecular complexity index is 1310. The second kappa shape index (κ2) is 9.58. The van der Waals surface area contributed by atoms with Crippen LogP contribution in [0, 0.1) is 5.82 Å². The van der Waals surface area contributed by atoms with Crippen molar-refractivity contribution in [3.63, 3.8) is 0 Å². The maximum Gasteiger partial charge on any atom is 0.320 e. The molecule has 0 spiro atoms. The van der Waals surface area contributed by atoms with Crippen molar-refractivity contribution in [2.45, 2.75) is 18.9 Å². The van der Waals surface area contributed by atoms with E-state index < -0.39 is 17.8 Å². The molecule has 0 radical (unpaired) electrons. The number of hydrogen-bond acceptors (Lipinski definition) is 7. The highest BCUT2D eigenvalue weighted by molar-refractivity contribution is 5.83. The Hall–Kier alpha value is -4.11. The molecule has 0 saturated carbocycles. The molecule has 1 heterocycles. The fourth-order valence-electron chi connectivity index (χ4n) is 3.49.